The fourth-order valence-electron chi connectivity index (χ4n) is 2.36. The van der Waals surface area contributed by atoms with Gasteiger partial charge in [0.25, 0.3) is 0 Å². The Morgan fingerprint density at radius 3 is 3.00 bits per heavy atom. The predicted molar refractivity (Wildman–Crippen MR) is 64.9 cm³/mol. The largest absolute Gasteiger partial charge is 0.458 e. The van der Waals surface area contributed by atoms with Gasteiger partial charge < -0.3 is 14.3 Å². The van der Waals surface area contributed by atoms with Crippen molar-refractivity contribution in [3.8, 4) is 0 Å². The van der Waals surface area contributed by atoms with Crippen molar-refractivity contribution in [2.45, 2.75) is 32.0 Å². The van der Waals surface area contributed by atoms with Crippen LogP contribution in [0.2, 0.25) is 0 Å². The van der Waals surface area contributed by atoms with Gasteiger partial charge in [-0.1, -0.05) is 11.6 Å². The van der Waals surface area contributed by atoms with E-state index in [4.69, 9.17) is 9.15 Å². The molecule has 0 amide bonds. The monoisotopic (exact) mass is 232 g/mol. The molecular formula is C14H16O3. The minimum Gasteiger partial charge on any atom is -0.458 e. The molecule has 3 nitrogen and oxygen atoms in total. The number of hydrogen-bond acceptors (Lipinski definition) is 3. The molecule has 0 bridgehead atoms. The highest BCUT2D eigenvalue weighted by atomic mass is 16.5. The lowest BCUT2D eigenvalue weighted by molar-refractivity contribution is -0.0124. The Hall–Kier alpha value is -1.32. The van der Waals surface area contributed by atoms with Gasteiger partial charge in [-0.3, -0.25) is 0 Å². The Balaban J connectivity index is 1.94. The Labute approximate surface area is 100.0 Å². The topological polar surface area (TPSA) is 42.6 Å². The number of aliphatic hydroxyl groups excluding tert-OH is 1. The lowest BCUT2D eigenvalue weighted by Gasteiger charge is -2.14. The third-order valence-corrected chi connectivity index (χ3v) is 3.30. The van der Waals surface area contributed by atoms with Gasteiger partial charge in [-0.15, -0.1) is 0 Å². The molecule has 0 radical (unpaired) electrons. The Morgan fingerprint density at radius 1 is 1.35 bits per heavy atom. The van der Waals surface area contributed by atoms with Crippen LogP contribution in [-0.4, -0.2) is 17.8 Å². The molecule has 90 valence electrons. The first-order valence-corrected chi connectivity index (χ1v) is 6.04. The quantitative estimate of drug-likeness (QED) is 0.865. The van der Waals surface area contributed by atoms with E-state index in [0.29, 0.717) is 5.76 Å². The van der Waals surface area contributed by atoms with Gasteiger partial charge in [0.05, 0.1) is 6.10 Å². The molecule has 0 saturated carbocycles. The van der Waals surface area contributed by atoms with Gasteiger partial charge in [-0.2, -0.15) is 0 Å². The number of aryl methyl sites for hydroxylation is 1. The summed E-state index contributed by atoms with van der Waals surface area (Å²) in [5.41, 5.74) is 2.01. The highest BCUT2D eigenvalue weighted by Gasteiger charge is 2.27. The van der Waals surface area contributed by atoms with Crippen LogP contribution in [0.5, 0.6) is 0 Å². The summed E-state index contributed by atoms with van der Waals surface area (Å²) in [6, 6.07) is 7.92. The fraction of sp³-hybridized carbons (Fsp3) is 0.429. The summed E-state index contributed by atoms with van der Waals surface area (Å²) in [5, 5.41) is 11.2. The van der Waals surface area contributed by atoms with Crippen LogP contribution in [-0.2, 0) is 4.74 Å². The van der Waals surface area contributed by atoms with Crippen LogP contribution in [0.4, 0.5) is 0 Å². The summed E-state index contributed by atoms with van der Waals surface area (Å²) in [5.74, 6) is 0.609. The molecule has 3 rings (SSSR count). The maximum absolute atomic E-state index is 10.2. The molecule has 1 N–H and O–H groups in total. The average molecular weight is 232 g/mol. The second-order valence-corrected chi connectivity index (χ2v) is 4.69. The van der Waals surface area contributed by atoms with Crippen molar-refractivity contribution < 1.29 is 14.3 Å². The number of benzene rings is 1. The molecule has 2 aromatic rings. The normalized spacial score (nSPS) is 22.1. The zero-order valence-corrected chi connectivity index (χ0v) is 9.85. The summed E-state index contributed by atoms with van der Waals surface area (Å²) in [7, 11) is 0. The van der Waals surface area contributed by atoms with Gasteiger partial charge in [-0.25, -0.2) is 0 Å². The number of aliphatic hydroxyl groups is 1. The summed E-state index contributed by atoms with van der Waals surface area (Å²) in [6.07, 6.45) is 1.15. The zero-order chi connectivity index (χ0) is 11.8. The predicted octanol–water partition coefficient (Wildman–Crippen LogP) is 2.95. The first-order valence-electron chi connectivity index (χ1n) is 6.04. The summed E-state index contributed by atoms with van der Waals surface area (Å²) in [4.78, 5) is 0. The van der Waals surface area contributed by atoms with Crippen LogP contribution in [0.3, 0.4) is 0 Å². The maximum Gasteiger partial charge on any atom is 0.138 e. The number of hydrogen-bond donors (Lipinski definition) is 1. The van der Waals surface area contributed by atoms with Crippen LogP contribution in [0.25, 0.3) is 11.0 Å². The lowest BCUT2D eigenvalue weighted by atomic mass is 10.1. The van der Waals surface area contributed by atoms with Gasteiger partial charge in [0.2, 0.25) is 0 Å². The van der Waals surface area contributed by atoms with E-state index in [1.165, 1.54) is 5.56 Å². The van der Waals surface area contributed by atoms with Crippen molar-refractivity contribution in [3.05, 3.63) is 35.6 Å². The zero-order valence-electron chi connectivity index (χ0n) is 9.85. The first-order chi connectivity index (χ1) is 8.24. The molecule has 1 fully saturated rings. The van der Waals surface area contributed by atoms with E-state index in [2.05, 4.69) is 6.07 Å². The van der Waals surface area contributed by atoms with E-state index >= 15 is 0 Å². The van der Waals surface area contributed by atoms with Crippen LogP contribution < -0.4 is 0 Å². The fourth-order valence-corrected chi connectivity index (χ4v) is 2.36. The second-order valence-electron chi connectivity index (χ2n) is 4.69. The van der Waals surface area contributed by atoms with Crippen LogP contribution in [0.1, 0.15) is 30.3 Å². The van der Waals surface area contributed by atoms with Crippen LogP contribution in [0, 0.1) is 6.92 Å². The number of ether oxygens (including phenoxy) is 1. The molecule has 2 heterocycles. The van der Waals surface area contributed by atoms with Crippen molar-refractivity contribution in [1.29, 1.82) is 0 Å². The van der Waals surface area contributed by atoms with Crippen LogP contribution >= 0.6 is 0 Å². The minimum absolute atomic E-state index is 0.114. The van der Waals surface area contributed by atoms with Crippen molar-refractivity contribution in [3.63, 3.8) is 0 Å². The summed E-state index contributed by atoms with van der Waals surface area (Å²) < 4.78 is 11.1. The molecular weight excluding hydrogens is 216 g/mol. The van der Waals surface area contributed by atoms with Crippen molar-refractivity contribution in [1.82, 2.24) is 0 Å². The maximum atomic E-state index is 10.2. The van der Waals surface area contributed by atoms with Gasteiger partial charge in [0, 0.05) is 12.0 Å². The molecule has 1 saturated heterocycles. The van der Waals surface area contributed by atoms with Crippen LogP contribution in [0.15, 0.2) is 28.7 Å². The number of fused-ring (bicyclic) bond motifs is 1. The van der Waals surface area contributed by atoms with Crippen molar-refractivity contribution >= 4 is 11.0 Å². The van der Waals surface area contributed by atoms with E-state index in [0.717, 1.165) is 30.4 Å². The molecule has 2 atom stereocenters. The molecule has 1 aliphatic rings. The second kappa shape index (κ2) is 4.17. The number of furan rings is 1. The third kappa shape index (κ3) is 1.96. The van der Waals surface area contributed by atoms with Gasteiger partial charge in [0.15, 0.2) is 0 Å². The standard InChI is InChI=1S/C14H16O3/c1-9-4-5-11-10(7-9)8-13(17-11)14(15)12-3-2-6-16-12/h4-5,7-8,12,14-15H,2-3,6H2,1H3. The lowest BCUT2D eigenvalue weighted by Crippen LogP contribution is -2.16. The minimum atomic E-state index is -0.648. The van der Waals surface area contributed by atoms with E-state index in [1.807, 2.05) is 25.1 Å². The highest BCUT2D eigenvalue weighted by Crippen LogP contribution is 2.31. The molecule has 0 spiro atoms. The van der Waals surface area contributed by atoms with Crippen molar-refractivity contribution in [2.75, 3.05) is 6.61 Å². The van der Waals surface area contributed by atoms with Gasteiger partial charge >= 0.3 is 0 Å². The van der Waals surface area contributed by atoms with E-state index in [9.17, 15) is 5.11 Å². The molecule has 1 aromatic heterocycles. The molecule has 2 unspecified atom stereocenters. The SMILES string of the molecule is Cc1ccc2oc(C(O)C3CCCO3)cc2c1. The van der Waals surface area contributed by atoms with Gasteiger partial charge in [0.1, 0.15) is 17.4 Å². The van der Waals surface area contributed by atoms with E-state index in [1.54, 1.807) is 0 Å². The Kier molecular flexibility index (Phi) is 2.65. The molecule has 3 heteroatoms. The average Bonchev–Trinajstić information content (AvgIpc) is 2.96. The molecule has 0 aliphatic carbocycles. The van der Waals surface area contributed by atoms with Crippen molar-refractivity contribution in [2.24, 2.45) is 0 Å². The smallest absolute Gasteiger partial charge is 0.138 e. The summed E-state index contributed by atoms with van der Waals surface area (Å²) >= 11 is 0. The third-order valence-electron chi connectivity index (χ3n) is 3.30. The van der Waals surface area contributed by atoms with Gasteiger partial charge in [-0.05, 0) is 38.0 Å². The number of rotatable bonds is 2. The van der Waals surface area contributed by atoms with E-state index in [-0.39, 0.29) is 6.10 Å². The Morgan fingerprint density at radius 2 is 2.24 bits per heavy atom. The van der Waals surface area contributed by atoms with E-state index < -0.39 is 6.10 Å². The molecule has 1 aromatic carbocycles. The molecule has 17 heavy (non-hydrogen) atoms. The first kappa shape index (κ1) is 10.8. The molecule has 1 aliphatic heterocycles. The summed E-state index contributed by atoms with van der Waals surface area (Å²) in [6.45, 7) is 2.78. The highest BCUT2D eigenvalue weighted by molar-refractivity contribution is 5.78. The Bertz CT molecular complexity index is 523.